The van der Waals surface area contributed by atoms with Crippen LogP contribution in [-0.2, 0) is 4.74 Å². The average Bonchev–Trinajstić information content (AvgIpc) is 2.21. The van der Waals surface area contributed by atoms with Gasteiger partial charge in [0, 0.05) is 0 Å². The van der Waals surface area contributed by atoms with Crippen molar-refractivity contribution in [2.45, 2.75) is 61.0 Å². The number of hydrogen-bond donors (Lipinski definition) is 0. The summed E-state index contributed by atoms with van der Waals surface area (Å²) in [4.78, 5) is 0. The van der Waals surface area contributed by atoms with Crippen LogP contribution in [-0.4, -0.2) is 12.2 Å². The highest BCUT2D eigenvalue weighted by Gasteiger charge is 2.52. The monoisotopic (exact) mass is 212 g/mol. The molecule has 0 bridgehead atoms. The Morgan fingerprint density at radius 3 is 1.67 bits per heavy atom. The first kappa shape index (κ1) is 13.0. The summed E-state index contributed by atoms with van der Waals surface area (Å²) >= 11 is 0. The van der Waals surface area contributed by atoms with Gasteiger partial charge >= 0.3 is 0 Å². The molecule has 0 unspecified atom stereocenters. The average molecular weight is 212 g/mol. The van der Waals surface area contributed by atoms with E-state index in [0.29, 0.717) is 22.7 Å². The van der Waals surface area contributed by atoms with Gasteiger partial charge in [0.2, 0.25) is 0 Å². The molecule has 1 saturated heterocycles. The molecule has 1 heteroatoms. The molecule has 0 saturated carbocycles. The fourth-order valence-electron chi connectivity index (χ4n) is 3.37. The Kier molecular flexibility index (Phi) is 3.02. The lowest BCUT2D eigenvalue weighted by Crippen LogP contribution is -2.42. The van der Waals surface area contributed by atoms with E-state index < -0.39 is 0 Å². The highest BCUT2D eigenvalue weighted by atomic mass is 16.5. The molecule has 1 heterocycles. The molecule has 0 aliphatic carbocycles. The quantitative estimate of drug-likeness (QED) is 0.587. The molecule has 0 radical (unpaired) electrons. The molecule has 0 spiro atoms. The van der Waals surface area contributed by atoms with Crippen molar-refractivity contribution in [2.24, 2.45) is 22.7 Å². The number of rotatable bonds is 0. The van der Waals surface area contributed by atoms with Crippen LogP contribution in [0.2, 0.25) is 0 Å². The molecule has 1 aliphatic heterocycles. The summed E-state index contributed by atoms with van der Waals surface area (Å²) in [5.41, 5.74) is 0.680. The van der Waals surface area contributed by atoms with Crippen molar-refractivity contribution in [3.8, 4) is 0 Å². The molecule has 0 aromatic rings. The van der Waals surface area contributed by atoms with E-state index in [4.69, 9.17) is 4.74 Å². The van der Waals surface area contributed by atoms with Crippen LogP contribution in [0.4, 0.5) is 0 Å². The fourth-order valence-corrected chi connectivity index (χ4v) is 3.37. The smallest absolute Gasteiger partial charge is 0.0663 e. The topological polar surface area (TPSA) is 9.23 Å². The zero-order valence-electron chi connectivity index (χ0n) is 11.8. The second-order valence-corrected chi connectivity index (χ2v) is 7.73. The Morgan fingerprint density at radius 2 is 1.40 bits per heavy atom. The van der Waals surface area contributed by atoms with Gasteiger partial charge in [0.1, 0.15) is 0 Å². The van der Waals surface area contributed by atoms with Gasteiger partial charge in [-0.3, -0.25) is 0 Å². The largest absolute Gasteiger partial charge is 0.375 e. The molecule has 1 aliphatic rings. The highest BCUT2D eigenvalue weighted by molar-refractivity contribution is 5.00. The van der Waals surface area contributed by atoms with Crippen LogP contribution in [0.3, 0.4) is 0 Å². The summed E-state index contributed by atoms with van der Waals surface area (Å²) in [5.74, 6) is 1.29. The molecule has 90 valence electrons. The van der Waals surface area contributed by atoms with Gasteiger partial charge in [-0.1, -0.05) is 41.5 Å². The Bertz CT molecular complexity index is 227. The Balaban J connectivity index is 3.03. The first-order valence-electron chi connectivity index (χ1n) is 6.10. The van der Waals surface area contributed by atoms with Gasteiger partial charge < -0.3 is 4.74 Å². The number of hydrogen-bond acceptors (Lipinski definition) is 1. The van der Waals surface area contributed by atoms with Crippen LogP contribution in [0.1, 0.15) is 55.4 Å². The second kappa shape index (κ2) is 3.48. The zero-order valence-corrected chi connectivity index (χ0v) is 11.8. The van der Waals surface area contributed by atoms with Crippen molar-refractivity contribution in [3.05, 3.63) is 0 Å². The van der Waals surface area contributed by atoms with Crippen LogP contribution >= 0.6 is 0 Å². The Labute approximate surface area is 95.6 Å². The SMILES string of the molecule is CC(C)(C)[C@H]1[C@@H](C(C)(C)C)COC1(C)C. The summed E-state index contributed by atoms with van der Waals surface area (Å²) < 4.78 is 6.02. The van der Waals surface area contributed by atoms with E-state index in [1.807, 2.05) is 0 Å². The summed E-state index contributed by atoms with van der Waals surface area (Å²) in [6.07, 6.45) is 0. The van der Waals surface area contributed by atoms with Crippen LogP contribution in [0.5, 0.6) is 0 Å². The van der Waals surface area contributed by atoms with E-state index in [2.05, 4.69) is 55.4 Å². The molecule has 0 aromatic carbocycles. The maximum absolute atomic E-state index is 6.02. The normalized spacial score (nSPS) is 32.0. The lowest BCUT2D eigenvalue weighted by Gasteiger charge is -2.43. The number of ether oxygens (including phenoxy) is 1. The van der Waals surface area contributed by atoms with Crippen LogP contribution < -0.4 is 0 Å². The minimum Gasteiger partial charge on any atom is -0.375 e. The molecule has 15 heavy (non-hydrogen) atoms. The summed E-state index contributed by atoms with van der Waals surface area (Å²) in [6.45, 7) is 19.4. The van der Waals surface area contributed by atoms with Crippen LogP contribution in [0.15, 0.2) is 0 Å². The van der Waals surface area contributed by atoms with Gasteiger partial charge in [0.05, 0.1) is 12.2 Å². The van der Waals surface area contributed by atoms with Gasteiger partial charge in [-0.25, -0.2) is 0 Å². The van der Waals surface area contributed by atoms with Crippen molar-refractivity contribution in [1.82, 2.24) is 0 Å². The van der Waals surface area contributed by atoms with Crippen molar-refractivity contribution >= 4 is 0 Å². The van der Waals surface area contributed by atoms with Crippen molar-refractivity contribution < 1.29 is 4.74 Å². The van der Waals surface area contributed by atoms with E-state index >= 15 is 0 Å². The summed E-state index contributed by atoms with van der Waals surface area (Å²) in [6, 6.07) is 0. The van der Waals surface area contributed by atoms with Gasteiger partial charge in [0.25, 0.3) is 0 Å². The van der Waals surface area contributed by atoms with E-state index in [0.717, 1.165) is 6.61 Å². The van der Waals surface area contributed by atoms with Crippen LogP contribution in [0.25, 0.3) is 0 Å². The summed E-state index contributed by atoms with van der Waals surface area (Å²) in [5, 5.41) is 0. The first-order chi connectivity index (χ1) is 6.46. The maximum atomic E-state index is 6.02. The van der Waals surface area contributed by atoms with Crippen molar-refractivity contribution in [2.75, 3.05) is 6.61 Å². The minimum absolute atomic E-state index is 0.0240. The maximum Gasteiger partial charge on any atom is 0.0663 e. The van der Waals surface area contributed by atoms with Crippen molar-refractivity contribution in [3.63, 3.8) is 0 Å². The third-order valence-corrected chi connectivity index (χ3v) is 3.83. The molecule has 0 N–H and O–H groups in total. The predicted molar refractivity (Wildman–Crippen MR) is 65.9 cm³/mol. The van der Waals surface area contributed by atoms with E-state index in [-0.39, 0.29) is 5.60 Å². The molecule has 0 aromatic heterocycles. The Morgan fingerprint density at radius 1 is 0.933 bits per heavy atom. The molecule has 1 nitrogen and oxygen atoms in total. The molecule has 1 fully saturated rings. The lowest BCUT2D eigenvalue weighted by molar-refractivity contribution is -0.0218. The zero-order chi connectivity index (χ0) is 12.1. The standard InChI is InChI=1S/C14H28O/c1-12(2,3)10-9-15-14(7,8)11(10)13(4,5)6/h10-11H,9H2,1-8H3/t10-,11+/m0/s1. The van der Waals surface area contributed by atoms with E-state index in [9.17, 15) is 0 Å². The van der Waals surface area contributed by atoms with Gasteiger partial charge in [-0.05, 0) is 36.5 Å². The van der Waals surface area contributed by atoms with Gasteiger partial charge in [-0.2, -0.15) is 0 Å². The van der Waals surface area contributed by atoms with E-state index in [1.54, 1.807) is 0 Å². The van der Waals surface area contributed by atoms with Gasteiger partial charge in [0.15, 0.2) is 0 Å². The third-order valence-electron chi connectivity index (χ3n) is 3.83. The third kappa shape index (κ3) is 2.55. The van der Waals surface area contributed by atoms with Crippen molar-refractivity contribution in [1.29, 1.82) is 0 Å². The minimum atomic E-state index is 0.0240. The molecule has 0 amide bonds. The molecule has 1 rings (SSSR count). The molecule has 2 atom stereocenters. The fraction of sp³-hybridized carbons (Fsp3) is 1.00. The van der Waals surface area contributed by atoms with Gasteiger partial charge in [-0.15, -0.1) is 0 Å². The Hall–Kier alpha value is -0.0400. The predicted octanol–water partition coefficient (Wildman–Crippen LogP) is 4.12. The highest BCUT2D eigenvalue weighted by Crippen LogP contribution is 2.52. The second-order valence-electron chi connectivity index (χ2n) is 7.73. The lowest BCUT2D eigenvalue weighted by atomic mass is 9.61. The van der Waals surface area contributed by atoms with E-state index in [1.165, 1.54) is 0 Å². The molecular formula is C14H28O. The summed E-state index contributed by atoms with van der Waals surface area (Å²) in [7, 11) is 0. The first-order valence-corrected chi connectivity index (χ1v) is 6.10. The van der Waals surface area contributed by atoms with Crippen LogP contribution in [0, 0.1) is 22.7 Å². The molecular weight excluding hydrogens is 184 g/mol.